The van der Waals surface area contributed by atoms with Gasteiger partial charge in [-0.2, -0.15) is 13.2 Å². The molecule has 1 unspecified atom stereocenters. The summed E-state index contributed by atoms with van der Waals surface area (Å²) in [5.41, 5.74) is 5.90. The number of benzene rings is 3. The van der Waals surface area contributed by atoms with E-state index >= 15 is 0 Å². The molecule has 0 saturated carbocycles. The minimum Gasteiger partial charge on any atom is -0.322 e. The summed E-state index contributed by atoms with van der Waals surface area (Å²) in [7, 11) is 0. The van der Waals surface area contributed by atoms with Gasteiger partial charge in [-0.25, -0.2) is 8.78 Å². The van der Waals surface area contributed by atoms with Gasteiger partial charge in [0.05, 0.1) is 11.1 Å². The van der Waals surface area contributed by atoms with E-state index in [0.29, 0.717) is 11.3 Å². The number of pyridine rings is 1. The molecule has 4 rings (SSSR count). The van der Waals surface area contributed by atoms with Crippen LogP contribution < -0.4 is 11.3 Å². The number of nitrogens with zero attached hydrogens (tertiary/aromatic N) is 1. The molecule has 0 fully saturated rings. The molecular formula is C29H25F5N2O. The predicted molar refractivity (Wildman–Crippen MR) is 133 cm³/mol. The van der Waals surface area contributed by atoms with Crippen molar-refractivity contribution in [3.63, 3.8) is 0 Å². The molecule has 0 radical (unpaired) electrons. The molecule has 1 aromatic heterocycles. The first kappa shape index (κ1) is 26.3. The first-order valence-corrected chi connectivity index (χ1v) is 11.6. The molecule has 1 heterocycles. The molecule has 0 aliphatic heterocycles. The van der Waals surface area contributed by atoms with Gasteiger partial charge in [-0.15, -0.1) is 0 Å². The molecule has 0 saturated heterocycles. The molecule has 0 spiro atoms. The molecule has 2 N–H and O–H groups in total. The van der Waals surface area contributed by atoms with Crippen molar-refractivity contribution in [1.29, 1.82) is 0 Å². The Morgan fingerprint density at radius 2 is 1.46 bits per heavy atom. The van der Waals surface area contributed by atoms with Crippen LogP contribution in [0, 0.1) is 25.5 Å². The Balaban J connectivity index is 1.96. The highest BCUT2D eigenvalue weighted by Gasteiger charge is 2.35. The van der Waals surface area contributed by atoms with E-state index in [-0.39, 0.29) is 23.2 Å². The minimum absolute atomic E-state index is 0.00357. The molecule has 37 heavy (non-hydrogen) atoms. The third kappa shape index (κ3) is 5.20. The van der Waals surface area contributed by atoms with E-state index in [2.05, 4.69) is 0 Å². The van der Waals surface area contributed by atoms with Gasteiger partial charge >= 0.3 is 6.18 Å². The van der Waals surface area contributed by atoms with Crippen LogP contribution in [0.15, 0.2) is 77.6 Å². The second-order valence-corrected chi connectivity index (χ2v) is 8.92. The van der Waals surface area contributed by atoms with Gasteiger partial charge in [0.2, 0.25) is 0 Å². The Morgan fingerprint density at radius 3 is 2.11 bits per heavy atom. The molecule has 3 nitrogen and oxygen atoms in total. The van der Waals surface area contributed by atoms with Crippen LogP contribution in [0.4, 0.5) is 22.0 Å². The zero-order chi connectivity index (χ0) is 26.9. The van der Waals surface area contributed by atoms with Gasteiger partial charge in [0.1, 0.15) is 11.6 Å². The van der Waals surface area contributed by atoms with Crippen LogP contribution in [-0.2, 0) is 19.1 Å². The number of hydrogen-bond acceptors (Lipinski definition) is 2. The second-order valence-electron chi connectivity index (χ2n) is 8.92. The van der Waals surface area contributed by atoms with Crippen LogP contribution in [0.25, 0.3) is 11.1 Å². The Labute approximate surface area is 211 Å². The van der Waals surface area contributed by atoms with Crippen LogP contribution in [-0.4, -0.2) is 4.57 Å². The molecular weight excluding hydrogens is 487 g/mol. The molecule has 8 heteroatoms. The SMILES string of the molecule is Cc1c(Cc2c(F)cccc2C(F)(F)F)c(C)n(CC(N)c2ccccc2)c(=O)c1-c1ccccc1F. The topological polar surface area (TPSA) is 48.0 Å². The maximum atomic E-state index is 14.9. The van der Waals surface area contributed by atoms with Crippen LogP contribution in [0.2, 0.25) is 0 Å². The Hall–Kier alpha value is -3.78. The standard InChI is InChI=1S/C29H25F5N2O/c1-17-21(15-22-23(29(32,33)34)12-8-14-25(22)31)18(2)36(16-26(35)19-9-4-3-5-10-19)28(37)27(17)20-11-6-7-13-24(20)30/h3-14,26H,15-16,35H2,1-2H3. The molecule has 0 bridgehead atoms. The van der Waals surface area contributed by atoms with Crippen LogP contribution in [0.3, 0.4) is 0 Å². The number of halogens is 5. The van der Waals surface area contributed by atoms with E-state index in [4.69, 9.17) is 5.73 Å². The lowest BCUT2D eigenvalue weighted by Crippen LogP contribution is -2.31. The Morgan fingerprint density at radius 1 is 0.838 bits per heavy atom. The van der Waals surface area contributed by atoms with Crippen LogP contribution >= 0.6 is 0 Å². The maximum Gasteiger partial charge on any atom is 0.416 e. The summed E-state index contributed by atoms with van der Waals surface area (Å²) in [6.07, 6.45) is -5.22. The van der Waals surface area contributed by atoms with Crippen LogP contribution in [0.5, 0.6) is 0 Å². The van der Waals surface area contributed by atoms with Crippen molar-refractivity contribution in [2.75, 3.05) is 0 Å². The van der Waals surface area contributed by atoms with Crippen molar-refractivity contribution in [3.05, 3.63) is 128 Å². The number of alkyl halides is 3. The van der Waals surface area contributed by atoms with Gasteiger partial charge in [0.15, 0.2) is 0 Å². The lowest BCUT2D eigenvalue weighted by Gasteiger charge is -2.24. The third-order valence-electron chi connectivity index (χ3n) is 6.66. The monoisotopic (exact) mass is 512 g/mol. The van der Waals surface area contributed by atoms with E-state index in [1.54, 1.807) is 44.2 Å². The van der Waals surface area contributed by atoms with E-state index < -0.39 is 47.0 Å². The summed E-state index contributed by atoms with van der Waals surface area (Å²) in [4.78, 5) is 13.7. The third-order valence-corrected chi connectivity index (χ3v) is 6.66. The molecule has 3 aromatic carbocycles. The average molecular weight is 513 g/mol. The number of aromatic nitrogens is 1. The quantitative estimate of drug-likeness (QED) is 0.292. The normalized spacial score (nSPS) is 12.5. The number of rotatable bonds is 6. The molecule has 0 amide bonds. The van der Waals surface area contributed by atoms with Crippen molar-refractivity contribution in [3.8, 4) is 11.1 Å². The van der Waals surface area contributed by atoms with Crippen molar-refractivity contribution in [2.45, 2.75) is 39.0 Å². The fourth-order valence-electron chi connectivity index (χ4n) is 4.68. The number of hydrogen-bond donors (Lipinski definition) is 1. The van der Waals surface area contributed by atoms with Gasteiger partial charge in [-0.3, -0.25) is 4.79 Å². The lowest BCUT2D eigenvalue weighted by molar-refractivity contribution is -0.138. The van der Waals surface area contributed by atoms with Crippen molar-refractivity contribution in [1.82, 2.24) is 4.57 Å². The van der Waals surface area contributed by atoms with E-state index in [0.717, 1.165) is 23.8 Å². The van der Waals surface area contributed by atoms with Gasteiger partial charge in [0.25, 0.3) is 5.56 Å². The second kappa shape index (κ2) is 10.3. The highest BCUT2D eigenvalue weighted by molar-refractivity contribution is 5.69. The number of nitrogens with two attached hydrogens (primary N) is 1. The molecule has 1 atom stereocenters. The van der Waals surface area contributed by atoms with Gasteiger partial charge < -0.3 is 10.3 Å². The summed E-state index contributed by atoms with van der Waals surface area (Å²) in [6.45, 7) is 3.12. The zero-order valence-electron chi connectivity index (χ0n) is 20.2. The van der Waals surface area contributed by atoms with Gasteiger partial charge in [-0.05, 0) is 48.7 Å². The zero-order valence-corrected chi connectivity index (χ0v) is 20.2. The van der Waals surface area contributed by atoms with E-state index in [1.165, 1.54) is 22.8 Å². The molecule has 0 aliphatic carbocycles. The molecule has 4 aromatic rings. The average Bonchev–Trinajstić information content (AvgIpc) is 2.86. The fourth-order valence-corrected chi connectivity index (χ4v) is 4.68. The summed E-state index contributed by atoms with van der Waals surface area (Å²) in [6, 6.07) is 16.9. The highest BCUT2D eigenvalue weighted by atomic mass is 19.4. The van der Waals surface area contributed by atoms with E-state index in [9.17, 15) is 26.7 Å². The summed E-state index contributed by atoms with van der Waals surface area (Å²) in [5.74, 6) is -1.67. The van der Waals surface area contributed by atoms with Gasteiger partial charge in [-0.1, -0.05) is 54.6 Å². The summed E-state index contributed by atoms with van der Waals surface area (Å²) >= 11 is 0. The van der Waals surface area contributed by atoms with E-state index in [1.807, 2.05) is 6.07 Å². The Kier molecular flexibility index (Phi) is 7.32. The van der Waals surface area contributed by atoms with Crippen LogP contribution in [0.1, 0.15) is 39.6 Å². The Bertz CT molecular complexity index is 1490. The van der Waals surface area contributed by atoms with Crippen molar-refractivity contribution in [2.24, 2.45) is 5.73 Å². The van der Waals surface area contributed by atoms with Crippen molar-refractivity contribution >= 4 is 0 Å². The minimum atomic E-state index is -4.78. The van der Waals surface area contributed by atoms with Gasteiger partial charge in [0, 0.05) is 35.8 Å². The summed E-state index contributed by atoms with van der Waals surface area (Å²) < 4.78 is 72.2. The first-order valence-electron chi connectivity index (χ1n) is 11.6. The highest BCUT2D eigenvalue weighted by Crippen LogP contribution is 2.36. The lowest BCUT2D eigenvalue weighted by atomic mass is 9.90. The fraction of sp³-hybridized carbons (Fsp3) is 0.207. The molecule has 0 aliphatic rings. The predicted octanol–water partition coefficient (Wildman–Crippen LogP) is 6.72. The first-order chi connectivity index (χ1) is 17.5. The molecule has 192 valence electrons. The largest absolute Gasteiger partial charge is 0.416 e. The summed E-state index contributed by atoms with van der Waals surface area (Å²) in [5, 5.41) is 0. The maximum absolute atomic E-state index is 14.9. The smallest absolute Gasteiger partial charge is 0.322 e. The van der Waals surface area contributed by atoms with Crippen molar-refractivity contribution < 1.29 is 22.0 Å².